The Kier molecular flexibility index (Phi) is 41.6. The first-order valence-electron chi connectivity index (χ1n) is 28.4. The van der Waals surface area contributed by atoms with E-state index in [0.717, 1.165) is 64.2 Å². The molecule has 0 aliphatic carbocycles. The third-order valence-corrected chi connectivity index (χ3v) is 13.7. The third kappa shape index (κ3) is 32.4. The van der Waals surface area contributed by atoms with Crippen molar-refractivity contribution in [3.8, 4) is 0 Å². The fraction of sp³-hybridized carbons (Fsp3) is 0.862. The third-order valence-electron chi connectivity index (χ3n) is 13.7. The Balaban J connectivity index is 0.000000641. The van der Waals surface area contributed by atoms with Gasteiger partial charge in [-0.2, -0.15) is 0 Å². The van der Waals surface area contributed by atoms with E-state index in [1.807, 2.05) is 0 Å². The molecule has 2 aliphatic rings. The molecule has 0 aromatic heterocycles. The Bertz CT molecular complexity index is 1140. The second-order valence-electron chi connectivity index (χ2n) is 19.7. The van der Waals surface area contributed by atoms with Gasteiger partial charge in [0.15, 0.2) is 0 Å². The highest BCUT2D eigenvalue weighted by Gasteiger charge is 2.32. The van der Waals surface area contributed by atoms with E-state index in [0.29, 0.717) is 35.1 Å². The van der Waals surface area contributed by atoms with E-state index >= 15 is 0 Å². The van der Waals surface area contributed by atoms with Crippen LogP contribution in [0, 0.1) is 0 Å². The summed E-state index contributed by atoms with van der Waals surface area (Å²) >= 11 is 0. The van der Waals surface area contributed by atoms with Crippen molar-refractivity contribution in [3.05, 3.63) is 22.3 Å². The van der Waals surface area contributed by atoms with Crippen molar-refractivity contribution in [1.82, 2.24) is 0 Å². The number of ether oxygens (including phenoxy) is 2. The van der Waals surface area contributed by atoms with Crippen LogP contribution in [-0.2, 0) is 28.7 Å². The standard InChI is InChI=1S/C30H54O3.C28H50O3/c1-3-5-7-9-11-13-15-17-19-21-23-25-27-28(30(32)33-29(27)31)26-24-22-20-18-16-14-12-10-8-6-4-2;1-3-5-7-9-11-13-15-17-19-21-23-25-26(28(30)31-27(25)29)24-22-20-18-16-14-12-10-8-6-4-2/h3-26H2,1-2H3;3-24H2,1-2H3. The highest BCUT2D eigenvalue weighted by molar-refractivity contribution is 6.12. The summed E-state index contributed by atoms with van der Waals surface area (Å²) < 4.78 is 9.85. The van der Waals surface area contributed by atoms with E-state index in [1.54, 1.807) is 0 Å². The van der Waals surface area contributed by atoms with Gasteiger partial charge < -0.3 is 9.47 Å². The first-order valence-corrected chi connectivity index (χ1v) is 28.4. The molecule has 0 saturated carbocycles. The highest BCUT2D eigenvalue weighted by Crippen LogP contribution is 2.29. The molecule has 0 unspecified atom stereocenters. The van der Waals surface area contributed by atoms with E-state index in [9.17, 15) is 19.2 Å². The first-order chi connectivity index (χ1) is 31.4. The maximum absolute atomic E-state index is 12.1. The maximum atomic E-state index is 12.1. The van der Waals surface area contributed by atoms with E-state index in [1.165, 1.54) is 218 Å². The molecule has 0 N–H and O–H groups in total. The van der Waals surface area contributed by atoms with Crippen LogP contribution in [0.5, 0.6) is 0 Å². The van der Waals surface area contributed by atoms with Crippen molar-refractivity contribution in [3.63, 3.8) is 0 Å². The van der Waals surface area contributed by atoms with E-state index in [2.05, 4.69) is 27.7 Å². The smallest absolute Gasteiger partial charge is 0.342 e. The zero-order valence-electron chi connectivity index (χ0n) is 43.0. The fourth-order valence-electron chi connectivity index (χ4n) is 9.43. The average Bonchev–Trinajstić information content (AvgIpc) is 3.72. The molecule has 0 atom stereocenters. The summed E-state index contributed by atoms with van der Waals surface area (Å²) in [6, 6.07) is 0. The van der Waals surface area contributed by atoms with Gasteiger partial charge in [-0.3, -0.25) is 0 Å². The number of hydrogen-bond acceptors (Lipinski definition) is 6. The zero-order valence-corrected chi connectivity index (χ0v) is 43.0. The Morgan fingerprint density at radius 2 is 0.328 bits per heavy atom. The predicted octanol–water partition coefficient (Wildman–Crippen LogP) is 18.8. The summed E-state index contributed by atoms with van der Waals surface area (Å²) in [6.45, 7) is 9.04. The topological polar surface area (TPSA) is 86.7 Å². The lowest BCUT2D eigenvalue weighted by Gasteiger charge is -2.05. The summed E-state index contributed by atoms with van der Waals surface area (Å²) in [5.74, 6) is -1.48. The molecule has 372 valence electrons. The summed E-state index contributed by atoms with van der Waals surface area (Å²) in [7, 11) is 0. The van der Waals surface area contributed by atoms with Gasteiger partial charge in [-0.15, -0.1) is 0 Å². The fourth-order valence-corrected chi connectivity index (χ4v) is 9.43. The van der Waals surface area contributed by atoms with Gasteiger partial charge in [-0.05, 0) is 51.4 Å². The van der Waals surface area contributed by atoms with Gasteiger partial charge in [0.1, 0.15) is 0 Å². The van der Waals surface area contributed by atoms with Crippen LogP contribution < -0.4 is 0 Å². The first kappa shape index (κ1) is 59.8. The number of rotatable bonds is 46. The minimum Gasteiger partial charge on any atom is -0.386 e. The van der Waals surface area contributed by atoms with Crippen LogP contribution >= 0.6 is 0 Å². The Morgan fingerprint density at radius 1 is 0.203 bits per heavy atom. The summed E-state index contributed by atoms with van der Waals surface area (Å²) in [5, 5.41) is 0. The lowest BCUT2D eigenvalue weighted by molar-refractivity contribution is -0.153. The monoisotopic (exact) mass is 897 g/mol. The molecule has 0 fully saturated rings. The normalized spacial score (nSPS) is 13.9. The van der Waals surface area contributed by atoms with Crippen molar-refractivity contribution < 1.29 is 28.7 Å². The number of unbranched alkanes of at least 4 members (excludes halogenated alkanes) is 38. The SMILES string of the molecule is CCCCCCCCCCCCC1=C(CCCCCCCCCCCC)C(=O)OC1=O.CCCCCCCCCCCCCC1=C(CCCCCCCCCCCCC)C(=O)OC1=O. The molecule has 6 nitrogen and oxygen atoms in total. The number of carbonyl (C=O) groups excluding carboxylic acids is 4. The van der Waals surface area contributed by atoms with Crippen molar-refractivity contribution in [2.75, 3.05) is 0 Å². The molecule has 0 aromatic carbocycles. The Labute approximate surface area is 396 Å². The van der Waals surface area contributed by atoms with Gasteiger partial charge in [-0.1, -0.05) is 272 Å². The minimum absolute atomic E-state index is 0.370. The number of hydrogen-bond donors (Lipinski definition) is 0. The number of cyclic esters (lactones) is 4. The van der Waals surface area contributed by atoms with Gasteiger partial charge in [0.2, 0.25) is 0 Å². The lowest BCUT2D eigenvalue weighted by Crippen LogP contribution is -2.02. The van der Waals surface area contributed by atoms with Crippen LogP contribution in [0.4, 0.5) is 0 Å². The number of carbonyl (C=O) groups is 4. The maximum Gasteiger partial charge on any atom is 0.342 e. The second-order valence-corrected chi connectivity index (χ2v) is 19.7. The van der Waals surface area contributed by atoms with Crippen LogP contribution in [0.3, 0.4) is 0 Å². The molecule has 0 saturated heterocycles. The summed E-state index contributed by atoms with van der Waals surface area (Å²) in [5.41, 5.74) is 2.73. The van der Waals surface area contributed by atoms with Gasteiger partial charge in [0, 0.05) is 22.3 Å². The van der Waals surface area contributed by atoms with Crippen LogP contribution in [0.25, 0.3) is 0 Å². The van der Waals surface area contributed by atoms with Crippen LogP contribution in [-0.4, -0.2) is 23.9 Å². The predicted molar refractivity (Wildman–Crippen MR) is 271 cm³/mol. The van der Waals surface area contributed by atoms with E-state index < -0.39 is 0 Å². The highest BCUT2D eigenvalue weighted by atomic mass is 16.6. The molecule has 0 bridgehead atoms. The van der Waals surface area contributed by atoms with Gasteiger partial charge in [0.25, 0.3) is 0 Å². The molecule has 0 spiro atoms. The van der Waals surface area contributed by atoms with E-state index in [-0.39, 0.29) is 23.9 Å². The lowest BCUT2D eigenvalue weighted by atomic mass is 9.97. The molecule has 6 heteroatoms. The summed E-state index contributed by atoms with van der Waals surface area (Å²) in [6.07, 6.45) is 56.8. The Morgan fingerprint density at radius 3 is 0.469 bits per heavy atom. The van der Waals surface area contributed by atoms with Crippen molar-refractivity contribution in [2.45, 2.75) is 323 Å². The quantitative estimate of drug-likeness (QED) is 0.0344. The number of esters is 4. The van der Waals surface area contributed by atoms with Gasteiger partial charge in [0.05, 0.1) is 0 Å². The van der Waals surface area contributed by atoms with Crippen LogP contribution in [0.1, 0.15) is 323 Å². The van der Waals surface area contributed by atoms with Crippen LogP contribution in [0.15, 0.2) is 22.3 Å². The molecule has 0 radical (unpaired) electrons. The van der Waals surface area contributed by atoms with Crippen molar-refractivity contribution >= 4 is 23.9 Å². The van der Waals surface area contributed by atoms with Gasteiger partial charge >= 0.3 is 23.9 Å². The second kappa shape index (κ2) is 44.6. The molecule has 64 heavy (non-hydrogen) atoms. The van der Waals surface area contributed by atoms with Crippen molar-refractivity contribution in [1.29, 1.82) is 0 Å². The van der Waals surface area contributed by atoms with Crippen LogP contribution in [0.2, 0.25) is 0 Å². The molecular weight excluding hydrogens is 793 g/mol. The summed E-state index contributed by atoms with van der Waals surface area (Å²) in [4.78, 5) is 48.4. The molecule has 0 aromatic rings. The zero-order chi connectivity index (χ0) is 46.6. The minimum atomic E-state index is -0.372. The molecule has 2 aliphatic heterocycles. The molecule has 2 heterocycles. The molecular formula is C58H104O6. The average molecular weight is 897 g/mol. The van der Waals surface area contributed by atoms with Gasteiger partial charge in [-0.25, -0.2) is 19.2 Å². The van der Waals surface area contributed by atoms with E-state index in [4.69, 9.17) is 9.47 Å². The molecule has 0 amide bonds. The Hall–Kier alpha value is -2.24. The molecule has 2 rings (SSSR count). The van der Waals surface area contributed by atoms with Crippen molar-refractivity contribution in [2.24, 2.45) is 0 Å². The largest absolute Gasteiger partial charge is 0.386 e.